The van der Waals surface area contributed by atoms with E-state index in [1.54, 1.807) is 6.20 Å². The summed E-state index contributed by atoms with van der Waals surface area (Å²) in [5.41, 5.74) is 2.23. The molecule has 0 aliphatic carbocycles. The van der Waals surface area contributed by atoms with E-state index in [2.05, 4.69) is 28.4 Å². The van der Waals surface area contributed by atoms with E-state index in [1.165, 1.54) is 0 Å². The molecule has 0 aromatic carbocycles. The molecule has 0 saturated carbocycles. The van der Waals surface area contributed by atoms with Crippen LogP contribution >= 0.6 is 0 Å². The Labute approximate surface area is 83.4 Å². The highest BCUT2D eigenvalue weighted by Gasteiger charge is 2.06. The topological polar surface area (TPSA) is 30.7 Å². The van der Waals surface area contributed by atoms with Gasteiger partial charge in [0.15, 0.2) is 0 Å². The average molecular weight is 187 g/mol. The molecule has 0 bridgehead atoms. The smallest absolute Gasteiger partial charge is 0.0953 e. The molecule has 0 radical (unpaired) electrons. The van der Waals surface area contributed by atoms with Crippen molar-refractivity contribution in [1.29, 1.82) is 0 Å². The molecule has 2 heterocycles. The van der Waals surface area contributed by atoms with Gasteiger partial charge in [0.25, 0.3) is 0 Å². The van der Waals surface area contributed by atoms with Crippen LogP contribution in [-0.2, 0) is 0 Å². The van der Waals surface area contributed by atoms with Crippen LogP contribution in [0.2, 0.25) is 0 Å². The van der Waals surface area contributed by atoms with Crippen LogP contribution in [0.25, 0.3) is 11.3 Å². The lowest BCUT2D eigenvalue weighted by atomic mass is 10.2. The molecule has 0 aliphatic rings. The van der Waals surface area contributed by atoms with Crippen LogP contribution in [0, 0.1) is 0 Å². The molecule has 0 saturated heterocycles. The summed E-state index contributed by atoms with van der Waals surface area (Å²) >= 11 is 0. The van der Waals surface area contributed by atoms with E-state index in [0.29, 0.717) is 6.04 Å². The monoisotopic (exact) mass is 187 g/mol. The molecule has 2 rings (SSSR count). The number of hydrogen-bond donors (Lipinski definition) is 0. The highest BCUT2D eigenvalue weighted by atomic mass is 15.1. The molecule has 0 unspecified atom stereocenters. The largest absolute Gasteiger partial charge is 0.328 e. The molecular formula is C11H13N3. The minimum atomic E-state index is 0.424. The number of pyridine rings is 1. The summed E-state index contributed by atoms with van der Waals surface area (Å²) in [6.45, 7) is 4.28. The maximum Gasteiger partial charge on any atom is 0.0953 e. The summed E-state index contributed by atoms with van der Waals surface area (Å²) in [6, 6.07) is 4.41. The van der Waals surface area contributed by atoms with E-state index in [9.17, 15) is 0 Å². The maximum atomic E-state index is 4.15. The highest BCUT2D eigenvalue weighted by molar-refractivity contribution is 5.57. The number of imidazole rings is 1. The molecule has 0 spiro atoms. The van der Waals surface area contributed by atoms with Crippen LogP contribution in [0.15, 0.2) is 37.1 Å². The Balaban J connectivity index is 2.47. The van der Waals surface area contributed by atoms with Gasteiger partial charge >= 0.3 is 0 Å². The number of rotatable bonds is 2. The van der Waals surface area contributed by atoms with Crippen molar-refractivity contribution in [2.75, 3.05) is 0 Å². The third kappa shape index (κ3) is 1.53. The number of aromatic nitrogens is 3. The Bertz CT molecular complexity index is 403. The lowest BCUT2D eigenvalue weighted by Crippen LogP contribution is -2.00. The van der Waals surface area contributed by atoms with Crippen molar-refractivity contribution >= 4 is 0 Å². The second-order valence-corrected chi connectivity index (χ2v) is 3.52. The average Bonchev–Trinajstić information content (AvgIpc) is 2.67. The third-order valence-electron chi connectivity index (χ3n) is 2.18. The normalized spacial score (nSPS) is 10.8. The second-order valence-electron chi connectivity index (χ2n) is 3.52. The van der Waals surface area contributed by atoms with Gasteiger partial charge in [0.2, 0.25) is 0 Å². The van der Waals surface area contributed by atoms with Gasteiger partial charge in [0, 0.05) is 24.0 Å². The van der Waals surface area contributed by atoms with Crippen molar-refractivity contribution in [3.8, 4) is 11.3 Å². The summed E-state index contributed by atoms with van der Waals surface area (Å²) in [6.07, 6.45) is 7.36. The predicted octanol–water partition coefficient (Wildman–Crippen LogP) is 2.53. The predicted molar refractivity (Wildman–Crippen MR) is 55.8 cm³/mol. The molecular weight excluding hydrogens is 174 g/mol. The SMILES string of the molecule is CC(C)n1cncc1-c1cccnc1. The fraction of sp³-hybridized carbons (Fsp3) is 0.273. The van der Waals surface area contributed by atoms with Crippen molar-refractivity contribution in [3.05, 3.63) is 37.1 Å². The fourth-order valence-corrected chi connectivity index (χ4v) is 1.45. The Hall–Kier alpha value is -1.64. The number of nitrogens with zero attached hydrogens (tertiary/aromatic N) is 3. The molecule has 14 heavy (non-hydrogen) atoms. The zero-order chi connectivity index (χ0) is 9.97. The Morgan fingerprint density at radius 3 is 2.71 bits per heavy atom. The first-order valence-corrected chi connectivity index (χ1v) is 4.71. The van der Waals surface area contributed by atoms with Crippen molar-refractivity contribution in [1.82, 2.24) is 14.5 Å². The van der Waals surface area contributed by atoms with E-state index in [1.807, 2.05) is 30.9 Å². The molecule has 2 aromatic rings. The zero-order valence-corrected chi connectivity index (χ0v) is 8.38. The summed E-state index contributed by atoms with van der Waals surface area (Å²) in [5.74, 6) is 0. The Kier molecular flexibility index (Phi) is 2.31. The zero-order valence-electron chi connectivity index (χ0n) is 8.38. The highest BCUT2D eigenvalue weighted by Crippen LogP contribution is 2.20. The minimum Gasteiger partial charge on any atom is -0.328 e. The van der Waals surface area contributed by atoms with Gasteiger partial charge in [-0.2, -0.15) is 0 Å². The van der Waals surface area contributed by atoms with Crippen LogP contribution in [0.4, 0.5) is 0 Å². The van der Waals surface area contributed by atoms with Gasteiger partial charge in [0.1, 0.15) is 0 Å². The third-order valence-corrected chi connectivity index (χ3v) is 2.18. The molecule has 3 nitrogen and oxygen atoms in total. The first-order chi connectivity index (χ1) is 6.79. The van der Waals surface area contributed by atoms with Crippen LogP contribution in [0.1, 0.15) is 19.9 Å². The molecule has 0 fully saturated rings. The fourth-order valence-electron chi connectivity index (χ4n) is 1.45. The first kappa shape index (κ1) is 8.94. The van der Waals surface area contributed by atoms with E-state index >= 15 is 0 Å². The van der Waals surface area contributed by atoms with Crippen molar-refractivity contribution in [3.63, 3.8) is 0 Å². The molecule has 0 amide bonds. The molecule has 0 aliphatic heterocycles. The summed E-state index contributed by atoms with van der Waals surface area (Å²) in [5, 5.41) is 0. The molecule has 0 N–H and O–H groups in total. The minimum absolute atomic E-state index is 0.424. The Morgan fingerprint density at radius 1 is 1.21 bits per heavy atom. The lowest BCUT2D eigenvalue weighted by molar-refractivity contribution is 0.605. The van der Waals surface area contributed by atoms with Gasteiger partial charge in [-0.15, -0.1) is 0 Å². The van der Waals surface area contributed by atoms with Gasteiger partial charge in [-0.25, -0.2) is 4.98 Å². The maximum absolute atomic E-state index is 4.15. The molecule has 72 valence electrons. The van der Waals surface area contributed by atoms with E-state index in [0.717, 1.165) is 11.3 Å². The summed E-state index contributed by atoms with van der Waals surface area (Å²) in [4.78, 5) is 8.25. The van der Waals surface area contributed by atoms with Crippen LogP contribution in [0.3, 0.4) is 0 Å². The molecule has 3 heteroatoms. The first-order valence-electron chi connectivity index (χ1n) is 4.71. The van der Waals surface area contributed by atoms with Gasteiger partial charge in [0.05, 0.1) is 18.2 Å². The van der Waals surface area contributed by atoms with Gasteiger partial charge in [-0.05, 0) is 26.0 Å². The summed E-state index contributed by atoms with van der Waals surface area (Å²) in [7, 11) is 0. The Morgan fingerprint density at radius 2 is 2.07 bits per heavy atom. The summed E-state index contributed by atoms with van der Waals surface area (Å²) < 4.78 is 2.14. The molecule has 2 aromatic heterocycles. The van der Waals surface area contributed by atoms with Crippen LogP contribution in [-0.4, -0.2) is 14.5 Å². The lowest BCUT2D eigenvalue weighted by Gasteiger charge is -2.10. The van der Waals surface area contributed by atoms with E-state index in [4.69, 9.17) is 0 Å². The van der Waals surface area contributed by atoms with Crippen molar-refractivity contribution in [2.24, 2.45) is 0 Å². The van der Waals surface area contributed by atoms with Crippen LogP contribution in [0.5, 0.6) is 0 Å². The van der Waals surface area contributed by atoms with Gasteiger partial charge < -0.3 is 4.57 Å². The van der Waals surface area contributed by atoms with E-state index in [-0.39, 0.29) is 0 Å². The van der Waals surface area contributed by atoms with Crippen LogP contribution < -0.4 is 0 Å². The molecule has 0 atom stereocenters. The number of hydrogen-bond acceptors (Lipinski definition) is 2. The van der Waals surface area contributed by atoms with E-state index < -0.39 is 0 Å². The second kappa shape index (κ2) is 3.62. The quantitative estimate of drug-likeness (QED) is 0.723. The van der Waals surface area contributed by atoms with Gasteiger partial charge in [-0.3, -0.25) is 4.98 Å². The van der Waals surface area contributed by atoms with Crippen molar-refractivity contribution < 1.29 is 0 Å². The van der Waals surface area contributed by atoms with Crippen molar-refractivity contribution in [2.45, 2.75) is 19.9 Å². The van der Waals surface area contributed by atoms with Gasteiger partial charge in [-0.1, -0.05) is 0 Å². The standard InChI is InChI=1S/C11H13N3/c1-9(2)14-8-13-7-11(14)10-4-3-5-12-6-10/h3-9H,1-2H3.